The molecule has 0 aliphatic carbocycles. The first-order valence-electron chi connectivity index (χ1n) is 6.39. The van der Waals surface area contributed by atoms with Crippen molar-refractivity contribution in [3.63, 3.8) is 0 Å². The van der Waals surface area contributed by atoms with E-state index in [0.717, 1.165) is 19.5 Å². The molecule has 0 radical (unpaired) electrons. The Hall–Kier alpha value is -0.130. The Morgan fingerprint density at radius 1 is 1.24 bits per heavy atom. The third-order valence-corrected chi connectivity index (χ3v) is 4.86. The van der Waals surface area contributed by atoms with Crippen LogP contribution >= 0.6 is 0 Å². The van der Waals surface area contributed by atoms with E-state index in [9.17, 15) is 8.42 Å². The van der Waals surface area contributed by atoms with Crippen molar-refractivity contribution in [3.05, 3.63) is 0 Å². The molecule has 1 aliphatic heterocycles. The van der Waals surface area contributed by atoms with Crippen molar-refractivity contribution in [1.29, 1.82) is 0 Å². The monoisotopic (exact) mass is 262 g/mol. The number of nitrogens with one attached hydrogen (secondary N) is 1. The van der Waals surface area contributed by atoms with Crippen LogP contribution in [0, 0.1) is 0 Å². The fourth-order valence-corrected chi connectivity index (χ4v) is 3.27. The molecule has 5 heteroatoms. The molecule has 1 fully saturated rings. The van der Waals surface area contributed by atoms with E-state index in [-0.39, 0.29) is 5.54 Å². The Bertz CT molecular complexity index is 333. The van der Waals surface area contributed by atoms with Gasteiger partial charge in [-0.25, -0.2) is 8.42 Å². The van der Waals surface area contributed by atoms with Gasteiger partial charge in [-0.15, -0.1) is 0 Å². The van der Waals surface area contributed by atoms with Crippen molar-refractivity contribution in [2.45, 2.75) is 45.7 Å². The molecule has 1 rings (SSSR count). The second-order valence-corrected chi connectivity index (χ2v) is 8.32. The summed E-state index contributed by atoms with van der Waals surface area (Å²) in [4.78, 5) is 2.28. The maximum absolute atomic E-state index is 11.5. The minimum Gasteiger partial charge on any atom is -0.311 e. The normalized spacial score (nSPS) is 24.2. The number of sulfone groups is 1. The van der Waals surface area contributed by atoms with Crippen LogP contribution in [0.5, 0.6) is 0 Å². The summed E-state index contributed by atoms with van der Waals surface area (Å²) in [5.41, 5.74) is 0.117. The molecular weight excluding hydrogens is 236 g/mol. The molecular formula is C12H26N2O2S. The summed E-state index contributed by atoms with van der Waals surface area (Å²) in [6.45, 7) is 11.1. The summed E-state index contributed by atoms with van der Waals surface area (Å²) in [5.74, 6) is 0.662. The lowest BCUT2D eigenvalue weighted by atomic mass is 10.1. The molecule has 0 aromatic carbocycles. The van der Waals surface area contributed by atoms with Gasteiger partial charge in [-0.3, -0.25) is 4.90 Å². The highest BCUT2D eigenvalue weighted by atomic mass is 32.2. The van der Waals surface area contributed by atoms with Crippen LogP contribution in [0.4, 0.5) is 0 Å². The molecule has 1 heterocycles. The van der Waals surface area contributed by atoms with Gasteiger partial charge < -0.3 is 5.32 Å². The predicted octanol–water partition coefficient (Wildman–Crippen LogP) is 0.884. The summed E-state index contributed by atoms with van der Waals surface area (Å²) < 4.78 is 23.0. The van der Waals surface area contributed by atoms with E-state index in [1.165, 1.54) is 0 Å². The van der Waals surface area contributed by atoms with Crippen LogP contribution in [0.15, 0.2) is 0 Å². The van der Waals surface area contributed by atoms with Crippen LogP contribution in [0.2, 0.25) is 0 Å². The highest BCUT2D eigenvalue weighted by Gasteiger charge is 2.23. The van der Waals surface area contributed by atoms with Crippen LogP contribution in [-0.4, -0.2) is 56.0 Å². The average molecular weight is 262 g/mol. The summed E-state index contributed by atoms with van der Waals surface area (Å²) in [6.07, 6.45) is 0.766. The Labute approximate surface area is 106 Å². The van der Waals surface area contributed by atoms with Crippen molar-refractivity contribution in [3.8, 4) is 0 Å². The van der Waals surface area contributed by atoms with E-state index >= 15 is 0 Å². The van der Waals surface area contributed by atoms with Gasteiger partial charge in [0.2, 0.25) is 0 Å². The minimum absolute atomic E-state index is 0.117. The number of nitrogens with zero attached hydrogens (tertiary/aromatic N) is 1. The first-order chi connectivity index (χ1) is 7.70. The quantitative estimate of drug-likeness (QED) is 0.820. The van der Waals surface area contributed by atoms with Crippen molar-refractivity contribution in [1.82, 2.24) is 10.2 Å². The van der Waals surface area contributed by atoms with Crippen molar-refractivity contribution in [2.75, 3.05) is 31.1 Å². The standard InChI is InChI=1S/C12H26N2O2S/c1-11(10-13-12(2,3)4)14-6-5-8-17(15,16)9-7-14/h11,13H,5-10H2,1-4H3. The van der Waals surface area contributed by atoms with E-state index in [0.29, 0.717) is 24.1 Å². The smallest absolute Gasteiger partial charge is 0.151 e. The molecule has 1 N–H and O–H groups in total. The van der Waals surface area contributed by atoms with Crippen molar-refractivity contribution >= 4 is 9.84 Å². The molecule has 102 valence electrons. The maximum Gasteiger partial charge on any atom is 0.151 e. The highest BCUT2D eigenvalue weighted by molar-refractivity contribution is 7.91. The fraction of sp³-hybridized carbons (Fsp3) is 1.00. The topological polar surface area (TPSA) is 49.4 Å². The SMILES string of the molecule is CC(CNC(C)(C)C)N1CCCS(=O)(=O)CC1. The molecule has 0 aromatic rings. The Morgan fingerprint density at radius 2 is 1.88 bits per heavy atom. The largest absolute Gasteiger partial charge is 0.311 e. The first kappa shape index (κ1) is 14.9. The van der Waals surface area contributed by atoms with Gasteiger partial charge >= 0.3 is 0 Å². The number of hydrogen-bond donors (Lipinski definition) is 1. The zero-order valence-electron chi connectivity index (χ0n) is 11.5. The Kier molecular flexibility index (Phi) is 4.98. The van der Waals surface area contributed by atoms with Crippen LogP contribution < -0.4 is 5.32 Å². The van der Waals surface area contributed by atoms with Gasteiger partial charge in [0.1, 0.15) is 0 Å². The summed E-state index contributed by atoms with van der Waals surface area (Å²) in [6, 6.07) is 0.391. The minimum atomic E-state index is -2.79. The van der Waals surface area contributed by atoms with Crippen LogP contribution in [0.3, 0.4) is 0 Å². The van der Waals surface area contributed by atoms with Gasteiger partial charge in [0.25, 0.3) is 0 Å². The second kappa shape index (κ2) is 5.67. The molecule has 1 atom stereocenters. The molecule has 1 aliphatic rings. The zero-order chi connectivity index (χ0) is 13.1. The summed E-state index contributed by atoms with van der Waals surface area (Å²) in [5, 5.41) is 3.47. The van der Waals surface area contributed by atoms with Gasteiger partial charge in [0.05, 0.1) is 11.5 Å². The number of hydrogen-bond acceptors (Lipinski definition) is 4. The van der Waals surface area contributed by atoms with E-state index < -0.39 is 9.84 Å². The van der Waals surface area contributed by atoms with Crippen molar-refractivity contribution < 1.29 is 8.42 Å². The maximum atomic E-state index is 11.5. The third kappa shape index (κ3) is 5.84. The van der Waals surface area contributed by atoms with E-state index in [2.05, 4.69) is 37.9 Å². The lowest BCUT2D eigenvalue weighted by molar-refractivity contribution is 0.208. The molecule has 0 amide bonds. The number of rotatable bonds is 3. The van der Waals surface area contributed by atoms with E-state index in [1.54, 1.807) is 0 Å². The first-order valence-corrected chi connectivity index (χ1v) is 8.21. The summed E-state index contributed by atoms with van der Waals surface area (Å²) >= 11 is 0. The lowest BCUT2D eigenvalue weighted by Gasteiger charge is -2.30. The Balaban J connectivity index is 2.44. The molecule has 17 heavy (non-hydrogen) atoms. The molecule has 0 aromatic heterocycles. The molecule has 0 saturated carbocycles. The van der Waals surface area contributed by atoms with Gasteiger partial charge in [0.15, 0.2) is 9.84 Å². The second-order valence-electron chi connectivity index (χ2n) is 6.02. The van der Waals surface area contributed by atoms with Crippen molar-refractivity contribution in [2.24, 2.45) is 0 Å². The average Bonchev–Trinajstić information content (AvgIpc) is 2.35. The van der Waals surface area contributed by atoms with Gasteiger partial charge in [-0.2, -0.15) is 0 Å². The Morgan fingerprint density at radius 3 is 2.47 bits per heavy atom. The molecule has 1 saturated heterocycles. The van der Waals surface area contributed by atoms with Crippen LogP contribution in [-0.2, 0) is 9.84 Å². The van der Waals surface area contributed by atoms with Crippen LogP contribution in [0.25, 0.3) is 0 Å². The van der Waals surface area contributed by atoms with E-state index in [4.69, 9.17) is 0 Å². The molecule has 0 bridgehead atoms. The fourth-order valence-electron chi connectivity index (χ4n) is 1.98. The molecule has 4 nitrogen and oxygen atoms in total. The lowest BCUT2D eigenvalue weighted by Crippen LogP contribution is -2.47. The zero-order valence-corrected chi connectivity index (χ0v) is 12.3. The van der Waals surface area contributed by atoms with Gasteiger partial charge in [-0.05, 0) is 40.7 Å². The third-order valence-electron chi connectivity index (χ3n) is 3.14. The van der Waals surface area contributed by atoms with Gasteiger partial charge in [-0.1, -0.05) is 0 Å². The van der Waals surface area contributed by atoms with E-state index in [1.807, 2.05) is 0 Å². The van der Waals surface area contributed by atoms with Crippen LogP contribution in [0.1, 0.15) is 34.1 Å². The molecule has 1 unspecified atom stereocenters. The predicted molar refractivity (Wildman–Crippen MR) is 72.1 cm³/mol. The summed E-state index contributed by atoms with van der Waals surface area (Å²) in [7, 11) is -2.79. The molecule has 0 spiro atoms. The highest BCUT2D eigenvalue weighted by Crippen LogP contribution is 2.09. The van der Waals surface area contributed by atoms with Gasteiger partial charge in [0, 0.05) is 24.7 Å².